The van der Waals surface area contributed by atoms with E-state index in [1.165, 1.54) is 5.69 Å². The van der Waals surface area contributed by atoms with Crippen LogP contribution in [0.25, 0.3) is 0 Å². The van der Waals surface area contributed by atoms with E-state index in [9.17, 15) is 4.79 Å². The summed E-state index contributed by atoms with van der Waals surface area (Å²) in [5.41, 5.74) is 1.17. The van der Waals surface area contributed by atoms with Crippen molar-refractivity contribution in [1.82, 2.24) is 10.3 Å². The second-order valence-corrected chi connectivity index (χ2v) is 6.41. The van der Waals surface area contributed by atoms with E-state index in [4.69, 9.17) is 9.47 Å². The van der Waals surface area contributed by atoms with Gasteiger partial charge in [-0.3, -0.25) is 9.78 Å². The van der Waals surface area contributed by atoms with Crippen LogP contribution in [0, 0.1) is 5.92 Å². The lowest BCUT2D eigenvalue weighted by Gasteiger charge is -2.33. The van der Waals surface area contributed by atoms with E-state index in [1.807, 2.05) is 24.4 Å². The van der Waals surface area contributed by atoms with Crippen LogP contribution in [0.2, 0.25) is 0 Å². The Hall–Kier alpha value is -2.76. The molecule has 0 aliphatic carbocycles. The van der Waals surface area contributed by atoms with Crippen LogP contribution in [0.4, 0.5) is 5.69 Å². The van der Waals surface area contributed by atoms with Crippen LogP contribution in [0.1, 0.15) is 12.8 Å². The molecule has 1 aliphatic heterocycles. The van der Waals surface area contributed by atoms with Crippen molar-refractivity contribution in [3.63, 3.8) is 0 Å². The highest BCUT2D eigenvalue weighted by Crippen LogP contribution is 2.22. The summed E-state index contributed by atoms with van der Waals surface area (Å²) < 4.78 is 10.6. The molecule has 6 nitrogen and oxygen atoms in total. The summed E-state index contributed by atoms with van der Waals surface area (Å²) in [5, 5.41) is 2.98. The molecule has 1 aromatic carbocycles. The largest absolute Gasteiger partial charge is 0.497 e. The van der Waals surface area contributed by atoms with E-state index in [0.717, 1.165) is 31.7 Å². The molecule has 1 N–H and O–H groups in total. The van der Waals surface area contributed by atoms with Crippen LogP contribution in [0.15, 0.2) is 48.8 Å². The number of nitrogens with zero attached hydrogens (tertiary/aromatic N) is 2. The van der Waals surface area contributed by atoms with Crippen molar-refractivity contribution in [2.75, 3.05) is 38.3 Å². The zero-order valence-corrected chi connectivity index (χ0v) is 15.1. The van der Waals surface area contributed by atoms with Crippen LogP contribution in [0.5, 0.6) is 11.5 Å². The summed E-state index contributed by atoms with van der Waals surface area (Å²) in [6.45, 7) is 2.72. The molecule has 0 radical (unpaired) electrons. The van der Waals surface area contributed by atoms with Gasteiger partial charge in [0.05, 0.1) is 19.0 Å². The first-order chi connectivity index (χ1) is 12.7. The monoisotopic (exact) mass is 355 g/mol. The van der Waals surface area contributed by atoms with Crippen molar-refractivity contribution in [2.24, 2.45) is 5.92 Å². The van der Waals surface area contributed by atoms with Crippen molar-refractivity contribution in [1.29, 1.82) is 0 Å². The highest BCUT2D eigenvalue weighted by molar-refractivity contribution is 5.77. The van der Waals surface area contributed by atoms with Gasteiger partial charge in [-0.2, -0.15) is 0 Å². The lowest BCUT2D eigenvalue weighted by molar-refractivity contribution is -0.123. The summed E-state index contributed by atoms with van der Waals surface area (Å²) in [6.07, 6.45) is 5.82. The van der Waals surface area contributed by atoms with Gasteiger partial charge in [0.25, 0.3) is 5.91 Å². The third-order valence-corrected chi connectivity index (χ3v) is 4.64. The van der Waals surface area contributed by atoms with Gasteiger partial charge in [0.1, 0.15) is 11.5 Å². The number of piperidine rings is 1. The first-order valence-electron chi connectivity index (χ1n) is 8.93. The molecular formula is C20H25N3O3. The molecule has 0 spiro atoms. The summed E-state index contributed by atoms with van der Waals surface area (Å²) in [7, 11) is 1.62. The van der Waals surface area contributed by atoms with E-state index in [-0.39, 0.29) is 12.5 Å². The molecule has 6 heteroatoms. The number of rotatable bonds is 7. The Labute approximate surface area is 154 Å². The molecular weight excluding hydrogens is 330 g/mol. The number of hydrogen-bond acceptors (Lipinski definition) is 5. The fourth-order valence-corrected chi connectivity index (χ4v) is 3.07. The second kappa shape index (κ2) is 9.08. The topological polar surface area (TPSA) is 63.7 Å². The number of ether oxygens (including phenoxy) is 2. The molecule has 26 heavy (non-hydrogen) atoms. The molecule has 3 rings (SSSR count). The molecule has 0 atom stereocenters. The minimum atomic E-state index is -0.0875. The molecule has 1 saturated heterocycles. The fraction of sp³-hybridized carbons (Fsp3) is 0.400. The molecule has 2 aromatic rings. The number of amides is 1. The molecule has 0 unspecified atom stereocenters. The zero-order valence-electron chi connectivity index (χ0n) is 15.1. The third kappa shape index (κ3) is 5.12. The average Bonchev–Trinajstić information content (AvgIpc) is 2.72. The van der Waals surface area contributed by atoms with Crippen molar-refractivity contribution in [2.45, 2.75) is 12.8 Å². The van der Waals surface area contributed by atoms with Gasteiger partial charge in [-0.15, -0.1) is 0 Å². The quantitative estimate of drug-likeness (QED) is 0.827. The molecule has 1 aliphatic rings. The molecule has 2 heterocycles. The normalized spacial score (nSPS) is 14.7. The minimum Gasteiger partial charge on any atom is -0.497 e. The van der Waals surface area contributed by atoms with Crippen LogP contribution in [-0.2, 0) is 4.79 Å². The van der Waals surface area contributed by atoms with Crippen LogP contribution in [0.3, 0.4) is 0 Å². The first kappa shape index (κ1) is 18.0. The molecule has 0 saturated carbocycles. The number of benzene rings is 1. The predicted molar refractivity (Wildman–Crippen MR) is 101 cm³/mol. The summed E-state index contributed by atoms with van der Waals surface area (Å²) in [4.78, 5) is 18.5. The smallest absolute Gasteiger partial charge is 0.257 e. The maximum Gasteiger partial charge on any atom is 0.257 e. The molecule has 0 bridgehead atoms. The number of anilines is 1. The number of aromatic nitrogens is 1. The van der Waals surface area contributed by atoms with Crippen molar-refractivity contribution in [3.05, 3.63) is 48.8 Å². The molecule has 138 valence electrons. The van der Waals surface area contributed by atoms with Crippen LogP contribution >= 0.6 is 0 Å². The van der Waals surface area contributed by atoms with Crippen LogP contribution in [-0.4, -0.2) is 44.2 Å². The van der Waals surface area contributed by atoms with E-state index in [0.29, 0.717) is 18.2 Å². The molecule has 1 amide bonds. The van der Waals surface area contributed by atoms with E-state index in [1.54, 1.807) is 25.4 Å². The Morgan fingerprint density at radius 1 is 1.19 bits per heavy atom. The van der Waals surface area contributed by atoms with Gasteiger partial charge in [0.2, 0.25) is 0 Å². The average molecular weight is 355 g/mol. The van der Waals surface area contributed by atoms with Crippen molar-refractivity contribution in [3.8, 4) is 11.5 Å². The van der Waals surface area contributed by atoms with Gasteiger partial charge in [-0.1, -0.05) is 0 Å². The van der Waals surface area contributed by atoms with E-state index in [2.05, 4.69) is 21.3 Å². The fourth-order valence-electron chi connectivity index (χ4n) is 3.07. The molecule has 1 fully saturated rings. The Kier molecular flexibility index (Phi) is 6.30. The molecule has 1 aromatic heterocycles. The maximum absolute atomic E-state index is 12.0. The SMILES string of the molecule is COc1ccc(OCC(=O)NCC2CCN(c3cccnc3)CC2)cc1. The second-order valence-electron chi connectivity index (χ2n) is 6.41. The number of carbonyl (C=O) groups excluding carboxylic acids is 1. The predicted octanol–water partition coefficient (Wildman–Crippen LogP) is 2.50. The van der Waals surface area contributed by atoms with E-state index < -0.39 is 0 Å². The maximum atomic E-state index is 12.0. The number of methoxy groups -OCH3 is 1. The number of carbonyl (C=O) groups is 1. The summed E-state index contributed by atoms with van der Waals surface area (Å²) in [5.74, 6) is 1.84. The third-order valence-electron chi connectivity index (χ3n) is 4.64. The highest BCUT2D eigenvalue weighted by atomic mass is 16.5. The Bertz CT molecular complexity index is 683. The minimum absolute atomic E-state index is 0.0286. The number of nitrogens with one attached hydrogen (secondary N) is 1. The van der Waals surface area contributed by atoms with Gasteiger partial charge >= 0.3 is 0 Å². The van der Waals surface area contributed by atoms with Crippen molar-refractivity contribution >= 4 is 11.6 Å². The zero-order chi connectivity index (χ0) is 18.2. The lowest BCUT2D eigenvalue weighted by Crippen LogP contribution is -2.39. The van der Waals surface area contributed by atoms with E-state index >= 15 is 0 Å². The van der Waals surface area contributed by atoms with Crippen LogP contribution < -0.4 is 19.7 Å². The summed E-state index contributed by atoms with van der Waals surface area (Å²) >= 11 is 0. The Morgan fingerprint density at radius 2 is 1.92 bits per heavy atom. The number of pyridine rings is 1. The van der Waals surface area contributed by atoms with Gasteiger partial charge in [0, 0.05) is 25.8 Å². The van der Waals surface area contributed by atoms with Gasteiger partial charge in [-0.05, 0) is 55.2 Å². The van der Waals surface area contributed by atoms with Crippen molar-refractivity contribution < 1.29 is 14.3 Å². The highest BCUT2D eigenvalue weighted by Gasteiger charge is 2.20. The van der Waals surface area contributed by atoms with Gasteiger partial charge in [0.15, 0.2) is 6.61 Å². The Balaban J connectivity index is 1.34. The Morgan fingerprint density at radius 3 is 2.58 bits per heavy atom. The summed E-state index contributed by atoms with van der Waals surface area (Å²) in [6, 6.07) is 11.3. The number of hydrogen-bond donors (Lipinski definition) is 1. The lowest BCUT2D eigenvalue weighted by atomic mass is 9.96. The first-order valence-corrected chi connectivity index (χ1v) is 8.93. The van der Waals surface area contributed by atoms with Gasteiger partial charge < -0.3 is 19.7 Å². The standard InChI is InChI=1S/C20H25N3O3/c1-25-18-4-6-19(7-5-18)26-15-20(24)22-13-16-8-11-23(12-9-16)17-3-2-10-21-14-17/h2-7,10,14,16H,8-9,11-13,15H2,1H3,(H,22,24). The van der Waals surface area contributed by atoms with Gasteiger partial charge in [-0.25, -0.2) is 0 Å².